The summed E-state index contributed by atoms with van der Waals surface area (Å²) in [6, 6.07) is 2.15. The summed E-state index contributed by atoms with van der Waals surface area (Å²) >= 11 is 0. The van der Waals surface area contributed by atoms with Crippen LogP contribution in [0.4, 0.5) is 0 Å². The molecule has 1 amide bonds. The predicted molar refractivity (Wildman–Crippen MR) is 150 cm³/mol. The highest BCUT2D eigenvalue weighted by atomic mass is 16.4. The van der Waals surface area contributed by atoms with Crippen molar-refractivity contribution in [2.75, 3.05) is 6.54 Å². The third-order valence-electron chi connectivity index (χ3n) is 12.7. The SMILES string of the molecule is CC1(C)CC[C@]2(C(=O)NCC(=O)O)CC[C@]3(C)C(C(=O)C=C4C3(C)CC[C@H]3C(C)(C)C(=O)C(C#N)=C[C@]43C)C2C1. The van der Waals surface area contributed by atoms with E-state index in [1.54, 1.807) is 0 Å². The number of hydrogen-bond donors (Lipinski definition) is 2. The van der Waals surface area contributed by atoms with Crippen molar-refractivity contribution in [1.29, 1.82) is 5.26 Å². The van der Waals surface area contributed by atoms with Gasteiger partial charge in [0.15, 0.2) is 11.6 Å². The van der Waals surface area contributed by atoms with E-state index in [9.17, 15) is 29.5 Å². The lowest BCUT2D eigenvalue weighted by Crippen LogP contribution is -2.66. The third kappa shape index (κ3) is 3.59. The molecule has 3 saturated carbocycles. The van der Waals surface area contributed by atoms with Gasteiger partial charge >= 0.3 is 5.97 Å². The number of carbonyl (C=O) groups excluding carboxylic acids is 3. The second-order valence-electron chi connectivity index (χ2n) is 15.5. The number of carbonyl (C=O) groups is 4. The van der Waals surface area contributed by atoms with Crippen molar-refractivity contribution >= 4 is 23.4 Å². The summed E-state index contributed by atoms with van der Waals surface area (Å²) in [5.74, 6) is -1.95. The Hall–Kier alpha value is -2.75. The number of fused-ring (bicyclic) bond motifs is 7. The molecule has 5 aliphatic rings. The molecule has 3 fully saturated rings. The summed E-state index contributed by atoms with van der Waals surface area (Å²) in [4.78, 5) is 52.8. The molecule has 7 atom stereocenters. The molecule has 0 saturated heterocycles. The molecule has 5 aliphatic carbocycles. The van der Waals surface area contributed by atoms with Crippen LogP contribution in [0.15, 0.2) is 23.3 Å². The van der Waals surface area contributed by atoms with Gasteiger partial charge in [0, 0.05) is 16.7 Å². The van der Waals surface area contributed by atoms with Crippen molar-refractivity contribution in [3.05, 3.63) is 23.3 Å². The Kier molecular flexibility index (Phi) is 6.21. The van der Waals surface area contributed by atoms with Crippen LogP contribution in [0.25, 0.3) is 0 Å². The first kappa shape index (κ1) is 28.8. The molecule has 0 aliphatic heterocycles. The second kappa shape index (κ2) is 8.63. The van der Waals surface area contributed by atoms with Gasteiger partial charge in [-0.3, -0.25) is 19.2 Å². The fourth-order valence-corrected chi connectivity index (χ4v) is 10.4. The van der Waals surface area contributed by atoms with Crippen molar-refractivity contribution < 1.29 is 24.3 Å². The lowest BCUT2D eigenvalue weighted by molar-refractivity contribution is -0.178. The zero-order valence-corrected chi connectivity index (χ0v) is 25.1. The first-order chi connectivity index (χ1) is 18.4. The molecule has 0 aromatic carbocycles. The molecule has 216 valence electrons. The zero-order valence-electron chi connectivity index (χ0n) is 25.1. The summed E-state index contributed by atoms with van der Waals surface area (Å²) < 4.78 is 0. The van der Waals surface area contributed by atoms with Gasteiger partial charge in [0.2, 0.25) is 5.91 Å². The number of rotatable bonds is 3. The highest BCUT2D eigenvalue weighted by molar-refractivity contribution is 6.04. The topological polar surface area (TPSA) is 124 Å². The molecule has 0 radical (unpaired) electrons. The Morgan fingerprint density at radius 2 is 1.68 bits per heavy atom. The molecule has 7 nitrogen and oxygen atoms in total. The second-order valence-corrected chi connectivity index (χ2v) is 15.5. The monoisotopic (exact) mass is 548 g/mol. The molecule has 0 bridgehead atoms. The number of nitrogens with one attached hydrogen (secondary N) is 1. The molecule has 5 rings (SSSR count). The van der Waals surface area contributed by atoms with Crippen molar-refractivity contribution in [2.24, 2.45) is 50.2 Å². The average molecular weight is 549 g/mol. The number of hydrogen-bond acceptors (Lipinski definition) is 5. The summed E-state index contributed by atoms with van der Waals surface area (Å²) in [6.07, 6.45) is 8.87. The molecular formula is C33H44N2O5. The number of allylic oxidation sites excluding steroid dienone is 4. The van der Waals surface area contributed by atoms with Crippen LogP contribution < -0.4 is 5.32 Å². The van der Waals surface area contributed by atoms with Crippen LogP contribution in [0.1, 0.15) is 93.4 Å². The number of nitriles is 1. The Labute approximate surface area is 237 Å². The summed E-state index contributed by atoms with van der Waals surface area (Å²) in [5.41, 5.74) is -1.66. The van der Waals surface area contributed by atoms with Gasteiger partial charge in [-0.05, 0) is 79.1 Å². The molecular weight excluding hydrogens is 504 g/mol. The molecule has 0 aromatic rings. The zero-order chi connectivity index (χ0) is 29.7. The highest BCUT2D eigenvalue weighted by Crippen LogP contribution is 2.74. The van der Waals surface area contributed by atoms with Gasteiger partial charge in [0.1, 0.15) is 12.6 Å². The Bertz CT molecular complexity index is 1320. The molecule has 3 unspecified atom stereocenters. The van der Waals surface area contributed by atoms with Crippen LogP contribution >= 0.6 is 0 Å². The van der Waals surface area contributed by atoms with Gasteiger partial charge in [-0.1, -0.05) is 60.1 Å². The van der Waals surface area contributed by atoms with E-state index >= 15 is 0 Å². The lowest BCUT2D eigenvalue weighted by atomic mass is 9.34. The molecule has 0 spiro atoms. The van der Waals surface area contributed by atoms with Crippen molar-refractivity contribution in [2.45, 2.75) is 93.4 Å². The maximum absolute atomic E-state index is 14.5. The minimum absolute atomic E-state index is 0.0185. The molecule has 2 N–H and O–H groups in total. The highest BCUT2D eigenvalue weighted by Gasteiger charge is 2.70. The van der Waals surface area contributed by atoms with Gasteiger partial charge in [0.25, 0.3) is 0 Å². The third-order valence-corrected chi connectivity index (χ3v) is 12.7. The van der Waals surface area contributed by atoms with E-state index < -0.39 is 34.2 Å². The Morgan fingerprint density at radius 3 is 2.30 bits per heavy atom. The van der Waals surface area contributed by atoms with Crippen molar-refractivity contribution in [3.63, 3.8) is 0 Å². The number of aliphatic carboxylic acids is 1. The van der Waals surface area contributed by atoms with Crippen LogP contribution in [-0.2, 0) is 19.2 Å². The molecule has 7 heteroatoms. The summed E-state index contributed by atoms with van der Waals surface area (Å²) in [7, 11) is 0. The maximum atomic E-state index is 14.5. The number of Topliss-reactive ketones (excluding diaryl/α,β-unsaturated/α-hetero) is 1. The van der Waals surface area contributed by atoms with Gasteiger partial charge < -0.3 is 10.4 Å². The standard InChI is InChI=1S/C33H44N2O5/c1-28(2)10-12-33(27(40)35-18-24(37)38)13-11-32(7)25(20(33)16-28)21(36)14-23-30(5)15-19(17-34)26(39)29(3,4)22(30)8-9-31(23,32)6/h14-15,20,22,25H,8-13,16,18H2,1-7H3,(H,35,40)(H,37,38)/t20?,22-,25?,30-,31?,32+,33-/m0/s1. The summed E-state index contributed by atoms with van der Waals surface area (Å²) in [5, 5.41) is 21.8. The number of ketones is 2. The fraction of sp³-hybridized carbons (Fsp3) is 0.727. The quantitative estimate of drug-likeness (QED) is 0.486. The lowest BCUT2D eigenvalue weighted by Gasteiger charge is -2.69. The van der Waals surface area contributed by atoms with Gasteiger partial charge in [-0.15, -0.1) is 0 Å². The predicted octanol–water partition coefficient (Wildman–Crippen LogP) is 5.41. The normalized spacial score (nSPS) is 43.0. The average Bonchev–Trinajstić information content (AvgIpc) is 2.86. The van der Waals surface area contributed by atoms with E-state index in [4.69, 9.17) is 0 Å². The maximum Gasteiger partial charge on any atom is 0.322 e. The Morgan fingerprint density at radius 1 is 1.02 bits per heavy atom. The van der Waals surface area contributed by atoms with Crippen LogP contribution in [0.2, 0.25) is 0 Å². The van der Waals surface area contributed by atoms with Gasteiger partial charge in [-0.2, -0.15) is 5.26 Å². The van der Waals surface area contributed by atoms with E-state index in [2.05, 4.69) is 46.0 Å². The van der Waals surface area contributed by atoms with Crippen LogP contribution in [0, 0.1) is 61.6 Å². The first-order valence-electron chi connectivity index (χ1n) is 14.8. The number of carboxylic acid groups (broad SMARTS) is 1. The summed E-state index contributed by atoms with van der Waals surface area (Å²) in [6.45, 7) is 14.5. The minimum atomic E-state index is -1.07. The van der Waals surface area contributed by atoms with E-state index in [1.165, 1.54) is 0 Å². The molecule has 40 heavy (non-hydrogen) atoms. The van der Waals surface area contributed by atoms with E-state index in [-0.39, 0.29) is 51.6 Å². The van der Waals surface area contributed by atoms with E-state index in [0.29, 0.717) is 19.3 Å². The first-order valence-corrected chi connectivity index (χ1v) is 14.8. The number of nitrogens with zero attached hydrogens (tertiary/aromatic N) is 1. The Balaban J connectivity index is 1.66. The fourth-order valence-electron chi connectivity index (χ4n) is 10.4. The van der Waals surface area contributed by atoms with E-state index in [0.717, 1.165) is 31.3 Å². The van der Waals surface area contributed by atoms with Crippen LogP contribution in [-0.4, -0.2) is 35.1 Å². The van der Waals surface area contributed by atoms with Gasteiger partial charge in [0.05, 0.1) is 11.0 Å². The van der Waals surface area contributed by atoms with E-state index in [1.807, 2.05) is 26.0 Å². The van der Waals surface area contributed by atoms with Gasteiger partial charge in [-0.25, -0.2) is 0 Å². The molecule has 0 aromatic heterocycles. The van der Waals surface area contributed by atoms with Crippen LogP contribution in [0.3, 0.4) is 0 Å². The number of amides is 1. The smallest absolute Gasteiger partial charge is 0.322 e. The van der Waals surface area contributed by atoms with Crippen molar-refractivity contribution in [3.8, 4) is 6.07 Å². The minimum Gasteiger partial charge on any atom is -0.480 e. The largest absolute Gasteiger partial charge is 0.480 e. The van der Waals surface area contributed by atoms with Crippen LogP contribution in [0.5, 0.6) is 0 Å². The van der Waals surface area contributed by atoms with Crippen molar-refractivity contribution in [1.82, 2.24) is 5.32 Å². The molecule has 0 heterocycles. The number of carboxylic acids is 1.